The highest BCUT2D eigenvalue weighted by Crippen LogP contribution is 2.22. The van der Waals surface area contributed by atoms with E-state index in [0.717, 1.165) is 29.2 Å². The monoisotopic (exact) mass is 333 g/mol. The Kier molecular flexibility index (Phi) is 5.72. The van der Waals surface area contributed by atoms with Gasteiger partial charge in [-0.2, -0.15) is 0 Å². The van der Waals surface area contributed by atoms with Crippen LogP contribution < -0.4 is 5.32 Å². The smallest absolute Gasteiger partial charge is 0.137 e. The Hall–Kier alpha value is -0.490. The number of hydrogen-bond donors (Lipinski definition) is 1. The molecule has 1 unspecified atom stereocenters. The van der Waals surface area contributed by atoms with Gasteiger partial charge in [0.05, 0.1) is 0 Å². The van der Waals surface area contributed by atoms with Gasteiger partial charge in [0.2, 0.25) is 0 Å². The van der Waals surface area contributed by atoms with Crippen LogP contribution in [0.5, 0.6) is 0 Å². The minimum Gasteiger partial charge on any atom is -0.370 e. The van der Waals surface area contributed by atoms with Crippen LogP contribution in [0.15, 0.2) is 10.7 Å². The molecule has 0 aliphatic rings. The lowest BCUT2D eigenvalue weighted by molar-refractivity contribution is 0.544. The summed E-state index contributed by atoms with van der Waals surface area (Å²) in [5, 5.41) is 3.24. The molecule has 0 spiro atoms. The fraction of sp³-hybridized carbons (Fsp3) is 0.667. The van der Waals surface area contributed by atoms with Crippen LogP contribution in [0, 0.1) is 0 Å². The molecule has 0 radical (unpaired) electrons. The van der Waals surface area contributed by atoms with Gasteiger partial charge in [0, 0.05) is 40.8 Å². The van der Waals surface area contributed by atoms with Crippen molar-refractivity contribution >= 4 is 32.5 Å². The van der Waals surface area contributed by atoms with Gasteiger partial charge in [-0.05, 0) is 22.4 Å². The molecule has 1 atom stereocenters. The summed E-state index contributed by atoms with van der Waals surface area (Å²) in [6, 6.07) is 1.86. The van der Waals surface area contributed by atoms with Crippen molar-refractivity contribution in [2.45, 2.75) is 32.6 Å². The van der Waals surface area contributed by atoms with E-state index in [1.54, 1.807) is 6.26 Å². The predicted octanol–water partition coefficient (Wildman–Crippen LogP) is 2.72. The molecule has 6 heteroatoms. The molecular weight excluding hydrogens is 314 g/mol. The first-order valence-electron chi connectivity index (χ1n) is 5.88. The average Bonchev–Trinajstić information content (AvgIpc) is 2.22. The lowest BCUT2D eigenvalue weighted by atomic mass is 9.96. The van der Waals surface area contributed by atoms with Gasteiger partial charge in [-0.1, -0.05) is 20.8 Å². The molecule has 102 valence electrons. The molecule has 1 aromatic heterocycles. The molecular formula is C12H20BrN3OS. The third-order valence-electron chi connectivity index (χ3n) is 2.28. The molecule has 1 N–H and O–H groups in total. The highest BCUT2D eigenvalue weighted by Gasteiger charge is 2.18. The van der Waals surface area contributed by atoms with Gasteiger partial charge < -0.3 is 5.32 Å². The normalized spacial score (nSPS) is 13.4. The Bertz CT molecular complexity index is 432. The zero-order chi connectivity index (χ0) is 13.8. The van der Waals surface area contributed by atoms with Crippen LogP contribution in [-0.2, 0) is 16.2 Å². The van der Waals surface area contributed by atoms with E-state index >= 15 is 0 Å². The number of nitrogens with zero attached hydrogens (tertiary/aromatic N) is 2. The zero-order valence-electron chi connectivity index (χ0n) is 11.3. The summed E-state index contributed by atoms with van der Waals surface area (Å²) in [5.74, 6) is 2.33. The van der Waals surface area contributed by atoms with Crippen LogP contribution >= 0.6 is 15.9 Å². The zero-order valence-corrected chi connectivity index (χ0v) is 13.7. The van der Waals surface area contributed by atoms with Crippen LogP contribution in [-0.4, -0.2) is 32.7 Å². The first-order valence-corrected chi connectivity index (χ1v) is 8.40. The van der Waals surface area contributed by atoms with Crippen LogP contribution in [0.1, 0.15) is 33.0 Å². The van der Waals surface area contributed by atoms with Crippen LogP contribution in [0.4, 0.5) is 5.82 Å². The van der Waals surface area contributed by atoms with Crippen molar-refractivity contribution in [1.29, 1.82) is 0 Å². The van der Waals surface area contributed by atoms with E-state index in [9.17, 15) is 4.21 Å². The lowest BCUT2D eigenvalue weighted by Gasteiger charge is -2.17. The van der Waals surface area contributed by atoms with E-state index in [1.165, 1.54) is 0 Å². The van der Waals surface area contributed by atoms with Gasteiger partial charge >= 0.3 is 0 Å². The summed E-state index contributed by atoms with van der Waals surface area (Å²) in [5.41, 5.74) is -0.0782. The molecule has 1 rings (SSSR count). The van der Waals surface area contributed by atoms with E-state index < -0.39 is 10.8 Å². The summed E-state index contributed by atoms with van der Waals surface area (Å²) in [7, 11) is -0.728. The maximum absolute atomic E-state index is 10.9. The molecule has 1 heterocycles. The Morgan fingerprint density at radius 3 is 2.61 bits per heavy atom. The number of hydrogen-bond acceptors (Lipinski definition) is 4. The highest BCUT2D eigenvalue weighted by molar-refractivity contribution is 9.10. The fourth-order valence-electron chi connectivity index (χ4n) is 1.34. The molecule has 0 amide bonds. The summed E-state index contributed by atoms with van der Waals surface area (Å²) >= 11 is 3.40. The second kappa shape index (κ2) is 6.61. The van der Waals surface area contributed by atoms with Gasteiger partial charge in [0.25, 0.3) is 0 Å². The standard InChI is InChI=1S/C12H20BrN3OS/c1-12(2,3)11-15-9(13)8-10(16-11)14-6-5-7-18(4)17/h8H,5-7H2,1-4H3,(H,14,15,16). The van der Waals surface area contributed by atoms with Gasteiger partial charge in [-0.15, -0.1) is 0 Å². The summed E-state index contributed by atoms with van der Waals surface area (Å²) in [4.78, 5) is 8.87. The van der Waals surface area contributed by atoms with E-state index in [2.05, 4.69) is 52.0 Å². The lowest BCUT2D eigenvalue weighted by Crippen LogP contribution is -2.18. The topological polar surface area (TPSA) is 54.9 Å². The Labute approximate surface area is 120 Å². The van der Waals surface area contributed by atoms with Gasteiger partial charge in [-0.25, -0.2) is 9.97 Å². The molecule has 0 saturated heterocycles. The van der Waals surface area contributed by atoms with E-state index in [4.69, 9.17) is 0 Å². The quantitative estimate of drug-likeness (QED) is 0.664. The summed E-state index contributed by atoms with van der Waals surface area (Å²) in [6.45, 7) is 7.02. The number of aromatic nitrogens is 2. The number of rotatable bonds is 5. The van der Waals surface area contributed by atoms with Crippen LogP contribution in [0.25, 0.3) is 0 Å². The average molecular weight is 334 g/mol. The molecule has 0 aliphatic heterocycles. The second-order valence-electron chi connectivity index (χ2n) is 5.21. The third kappa shape index (κ3) is 5.44. The maximum Gasteiger partial charge on any atom is 0.137 e. The fourth-order valence-corrected chi connectivity index (χ4v) is 2.27. The van der Waals surface area contributed by atoms with Crippen LogP contribution in [0.3, 0.4) is 0 Å². The van der Waals surface area contributed by atoms with Gasteiger partial charge in [-0.3, -0.25) is 4.21 Å². The molecule has 0 fully saturated rings. The largest absolute Gasteiger partial charge is 0.370 e. The Morgan fingerprint density at radius 1 is 1.39 bits per heavy atom. The van der Waals surface area contributed by atoms with E-state index in [1.807, 2.05) is 6.07 Å². The first kappa shape index (κ1) is 15.6. The van der Waals surface area contributed by atoms with Gasteiger partial charge in [0.15, 0.2) is 0 Å². The van der Waals surface area contributed by atoms with Gasteiger partial charge in [0.1, 0.15) is 16.2 Å². The van der Waals surface area contributed by atoms with Crippen molar-refractivity contribution < 1.29 is 4.21 Å². The SMILES string of the molecule is CS(=O)CCCNc1cc(Br)nc(C(C)(C)C)n1. The third-order valence-corrected chi connectivity index (χ3v) is 3.55. The molecule has 0 bridgehead atoms. The number of nitrogens with one attached hydrogen (secondary N) is 1. The molecule has 18 heavy (non-hydrogen) atoms. The maximum atomic E-state index is 10.9. The summed E-state index contributed by atoms with van der Waals surface area (Å²) in [6.07, 6.45) is 2.59. The van der Waals surface area contributed by atoms with Crippen molar-refractivity contribution in [3.63, 3.8) is 0 Å². The molecule has 0 aliphatic carbocycles. The summed E-state index contributed by atoms with van der Waals surface area (Å²) < 4.78 is 11.7. The van der Waals surface area contributed by atoms with Crippen molar-refractivity contribution in [3.05, 3.63) is 16.5 Å². The molecule has 1 aromatic rings. The number of halogens is 1. The van der Waals surface area contributed by atoms with Crippen molar-refractivity contribution in [2.24, 2.45) is 0 Å². The van der Waals surface area contributed by atoms with E-state index in [-0.39, 0.29) is 5.41 Å². The predicted molar refractivity (Wildman–Crippen MR) is 80.5 cm³/mol. The Balaban J connectivity index is 2.66. The van der Waals surface area contributed by atoms with E-state index in [0.29, 0.717) is 5.75 Å². The van der Waals surface area contributed by atoms with Crippen molar-refractivity contribution in [3.8, 4) is 0 Å². The van der Waals surface area contributed by atoms with Crippen molar-refractivity contribution in [2.75, 3.05) is 23.9 Å². The van der Waals surface area contributed by atoms with Crippen LogP contribution in [0.2, 0.25) is 0 Å². The Morgan fingerprint density at radius 2 is 2.06 bits per heavy atom. The number of anilines is 1. The second-order valence-corrected chi connectivity index (χ2v) is 7.57. The molecule has 4 nitrogen and oxygen atoms in total. The highest BCUT2D eigenvalue weighted by atomic mass is 79.9. The minimum atomic E-state index is -0.728. The minimum absolute atomic E-state index is 0.0782. The molecule has 0 saturated carbocycles. The first-order chi connectivity index (χ1) is 8.29. The molecule has 0 aromatic carbocycles. The van der Waals surface area contributed by atoms with Crippen molar-refractivity contribution in [1.82, 2.24) is 9.97 Å².